The number of imidazole rings is 1. The summed E-state index contributed by atoms with van der Waals surface area (Å²) in [6, 6.07) is 7.51. The molecule has 0 spiro atoms. The molecule has 0 aliphatic heterocycles. The Morgan fingerprint density at radius 2 is 1.16 bits per heavy atom. The number of rotatable bonds is 9. The maximum Gasteiger partial charge on any atom is 2.00 e. The fraction of sp³-hybridized carbons (Fsp3) is 0.391. The van der Waals surface area contributed by atoms with Crippen molar-refractivity contribution in [2.24, 2.45) is 0 Å². The number of hydrogen-bond donors (Lipinski definition) is 6. The Morgan fingerprint density at radius 3 is 1.47 bits per heavy atom. The maximum atomic E-state index is 10.9. The van der Waals surface area contributed by atoms with E-state index in [0.29, 0.717) is 49.4 Å². The van der Waals surface area contributed by atoms with Crippen LogP contribution in [-0.2, 0) is 106 Å². The molecule has 11 nitrogen and oxygen atoms in total. The van der Waals surface area contributed by atoms with Crippen molar-refractivity contribution >= 4 is 192 Å². The smallest absolute Gasteiger partial charge is 0.453 e. The van der Waals surface area contributed by atoms with Gasteiger partial charge in [-0.2, -0.15) is 0 Å². The zero-order valence-electron chi connectivity index (χ0n) is 27.0. The summed E-state index contributed by atoms with van der Waals surface area (Å²) in [5.74, 6) is 0.387. The van der Waals surface area contributed by atoms with Gasteiger partial charge >= 0.3 is 148 Å². The second-order valence-corrected chi connectivity index (χ2v) is 24.3. The number of nitrogens with zero attached hydrogens (tertiary/aromatic N) is 3. The van der Waals surface area contributed by atoms with E-state index in [1.54, 1.807) is 0 Å². The molecule has 0 saturated heterocycles. The number of ether oxygens (including phenoxy) is 1. The van der Waals surface area contributed by atoms with E-state index >= 15 is 0 Å². The van der Waals surface area contributed by atoms with Gasteiger partial charge in [0.2, 0.25) is 5.95 Å². The quantitative estimate of drug-likeness (QED) is 0.0952. The number of fused-ring (bicyclic) bond motifs is 1. The van der Waals surface area contributed by atoms with Gasteiger partial charge in [-0.3, -0.25) is 5.32 Å². The van der Waals surface area contributed by atoms with Gasteiger partial charge in [0.15, 0.2) is 0 Å². The van der Waals surface area contributed by atoms with Crippen molar-refractivity contribution in [3.63, 3.8) is 0 Å². The largest absolute Gasteiger partial charge is 2.00 e. The molecule has 0 aliphatic rings. The van der Waals surface area contributed by atoms with E-state index in [9.17, 15) is 4.79 Å². The van der Waals surface area contributed by atoms with Crippen molar-refractivity contribution < 1.29 is 60.8 Å². The van der Waals surface area contributed by atoms with Crippen LogP contribution in [0.25, 0.3) is 11.0 Å². The minimum Gasteiger partial charge on any atom is -0.453 e. The maximum absolute atomic E-state index is 10.9. The van der Waals surface area contributed by atoms with Gasteiger partial charge in [-0.25, -0.2) is 9.78 Å². The number of methoxy groups -OCH3 is 1. The van der Waals surface area contributed by atoms with Crippen molar-refractivity contribution in [2.45, 2.75) is 0 Å². The number of aromatic nitrogens is 2. The van der Waals surface area contributed by atoms with Crippen molar-refractivity contribution in [3.8, 4) is 0 Å². The van der Waals surface area contributed by atoms with Gasteiger partial charge in [0, 0.05) is 26.2 Å². The number of H-pyrrole nitrogens is 1. The third kappa shape index (κ3) is 36.8. The number of anilines is 1. The Balaban J connectivity index is -0.000000275. The van der Waals surface area contributed by atoms with Crippen LogP contribution < -0.4 is 26.6 Å². The summed E-state index contributed by atoms with van der Waals surface area (Å²) < 4.78 is 7.89. The van der Waals surface area contributed by atoms with Crippen molar-refractivity contribution in [3.05, 3.63) is 24.3 Å². The predicted molar refractivity (Wildman–Crippen MR) is 232 cm³/mol. The summed E-state index contributed by atoms with van der Waals surface area (Å²) in [7, 11) is 12.9. The van der Waals surface area contributed by atoms with E-state index in [4.69, 9.17) is 24.4 Å². The number of para-hydroxylation sites is 2. The fourth-order valence-corrected chi connectivity index (χ4v) is 17.3. The molecular formula is C23H33MnN9O2S12Zn2. The van der Waals surface area contributed by atoms with Gasteiger partial charge in [-0.1, -0.05) is 29.4 Å². The Kier molecular flexibility index (Phi) is 41.0. The first-order chi connectivity index (χ1) is 22.0. The van der Waals surface area contributed by atoms with Crippen LogP contribution >= 0.6 is 92.8 Å². The van der Waals surface area contributed by atoms with Crippen molar-refractivity contribution in [1.29, 1.82) is 0 Å². The number of carbonyl (C=O) groups is 1. The standard InChI is InChI=1S/C9H9N3O2.2C4H8N2S4.2C3H7NS2.Mn.2Zn/c1-14-9(13)12-8-10-6-4-2-3-5-7(6)11-8;2*7-3(8)5-1-2-6-4(9)10;2*1-4(2)3(5)6;;;/h2-5H,1H3,(H2,10,11,12,13);2*1-2H2,(H2,5,7,8)(H2,6,9,10);2*1-2H3,(H,5,6);;;/q;;;;;3*+2/p-6. The third-order valence-corrected chi connectivity index (χ3v) is 19.5. The average molecular weight is 1040 g/mol. The number of carbonyl (C=O) groups excluding carboxylic acids is 1. The third-order valence-electron chi connectivity index (χ3n) is 4.22. The van der Waals surface area contributed by atoms with Gasteiger partial charge in [0.05, 0.1) is 18.1 Å². The Bertz CT molecular complexity index is 1200. The van der Waals surface area contributed by atoms with Crippen LogP contribution in [0.4, 0.5) is 10.7 Å². The molecule has 265 valence electrons. The molecule has 1 aromatic heterocycles. The van der Waals surface area contributed by atoms with Crippen LogP contribution in [0.2, 0.25) is 0 Å². The second-order valence-electron chi connectivity index (χ2n) is 8.30. The van der Waals surface area contributed by atoms with E-state index < -0.39 is 20.8 Å². The molecular weight excluding hydrogens is 1000 g/mol. The molecule has 0 unspecified atom stereocenters. The van der Waals surface area contributed by atoms with Gasteiger partial charge in [0.1, 0.15) is 0 Å². The molecule has 0 aliphatic carbocycles. The van der Waals surface area contributed by atoms with Crippen LogP contribution in [-0.4, -0.2) is 113 Å². The molecule has 0 bridgehead atoms. The summed E-state index contributed by atoms with van der Waals surface area (Å²) in [4.78, 5) is 21.9. The van der Waals surface area contributed by atoms with E-state index in [2.05, 4.69) is 141 Å². The average Bonchev–Trinajstić information content (AvgIpc) is 3.40. The van der Waals surface area contributed by atoms with Crippen LogP contribution in [0.15, 0.2) is 24.3 Å². The van der Waals surface area contributed by atoms with Crippen LogP contribution in [0.5, 0.6) is 0 Å². The van der Waals surface area contributed by atoms with Crippen molar-refractivity contribution in [2.75, 3.05) is 66.8 Å². The normalized spacial score (nSPS) is 8.67. The van der Waals surface area contributed by atoms with E-state index in [-0.39, 0.29) is 36.5 Å². The summed E-state index contributed by atoms with van der Waals surface area (Å²) in [5, 5.41) is 13.6. The van der Waals surface area contributed by atoms with Gasteiger partial charge in [-0.15, -0.1) is 0 Å². The monoisotopic (exact) mass is 1030 g/mol. The molecule has 1 amide bonds. The van der Waals surface area contributed by atoms with Gasteiger partial charge in [-0.05, 0) is 12.1 Å². The predicted octanol–water partition coefficient (Wildman–Crippen LogP) is 3.45. The molecule has 1 radical (unpaired) electrons. The molecule has 0 fully saturated rings. The van der Waals surface area contributed by atoms with E-state index in [1.807, 2.05) is 81.8 Å². The first-order valence-electron chi connectivity index (χ1n) is 12.8. The Hall–Kier alpha value is 0.646. The number of nitrogens with one attached hydrogen (secondary N) is 6. The SMILES string of the molecule is CN(C)C(=S)[S][Zn][S]C(=S)N(C)C.COC(=O)Nc1nc2ccccc2[nH]1.S=C([S-])NCCNC(=S)[S-].S=C([S-])NCCNC(=S)[S-].[Mn+2].[Zn+2]. The molecule has 2 rings (SSSR count). The molecule has 49 heavy (non-hydrogen) atoms. The van der Waals surface area contributed by atoms with Gasteiger partial charge < -0.3 is 130 Å². The molecule has 1 heterocycles. The fourth-order valence-electron chi connectivity index (χ4n) is 2.21. The van der Waals surface area contributed by atoms with Crippen molar-refractivity contribution in [1.82, 2.24) is 41.0 Å². The molecule has 2 aromatic rings. The number of aromatic amines is 1. The summed E-state index contributed by atoms with van der Waals surface area (Å²) in [5.41, 5.74) is 1.68. The zero-order valence-corrected chi connectivity index (χ0v) is 43.9. The summed E-state index contributed by atoms with van der Waals surface area (Å²) in [6.45, 7) is 2.66. The number of benzene rings is 1. The van der Waals surface area contributed by atoms with E-state index in [1.165, 1.54) is 7.11 Å². The molecule has 0 atom stereocenters. The molecule has 6 N–H and O–H groups in total. The number of thiocarbonyl (C=S) groups is 6. The minimum atomic E-state index is -0.716. The molecule has 0 saturated carbocycles. The zero-order chi connectivity index (χ0) is 36.4. The summed E-state index contributed by atoms with van der Waals surface area (Å²) in [6.07, 6.45) is -0.538. The minimum absolute atomic E-state index is 0. The Labute approximate surface area is 380 Å². The first-order valence-corrected chi connectivity index (χ1v) is 26.1. The van der Waals surface area contributed by atoms with Crippen LogP contribution in [0, 0.1) is 0 Å². The van der Waals surface area contributed by atoms with Crippen LogP contribution in [0.1, 0.15) is 0 Å². The van der Waals surface area contributed by atoms with E-state index in [0.717, 1.165) is 19.7 Å². The topological polar surface area (TPSA) is 122 Å². The van der Waals surface area contributed by atoms with Gasteiger partial charge in [0.25, 0.3) is 0 Å². The van der Waals surface area contributed by atoms with Crippen LogP contribution in [0.3, 0.4) is 0 Å². The summed E-state index contributed by atoms with van der Waals surface area (Å²) >= 11 is 46.3. The first kappa shape index (κ1) is 56.4. The Morgan fingerprint density at radius 1 is 0.796 bits per heavy atom. The number of hydrogen-bond acceptors (Lipinski definition) is 15. The number of amides is 1. The second kappa shape index (κ2) is 35.7. The molecule has 26 heteroatoms. The molecule has 1 aromatic carbocycles.